The summed E-state index contributed by atoms with van der Waals surface area (Å²) in [4.78, 5) is 2.18. The average molecular weight is 282 g/mol. The van der Waals surface area contributed by atoms with Gasteiger partial charge in [-0.2, -0.15) is 18.4 Å². The lowest BCUT2D eigenvalue weighted by atomic mass is 9.82. The summed E-state index contributed by atoms with van der Waals surface area (Å²) >= 11 is 0. The van der Waals surface area contributed by atoms with Gasteiger partial charge in [0.1, 0.15) is 0 Å². The topological polar surface area (TPSA) is 27.0 Å². The van der Waals surface area contributed by atoms with Crippen molar-refractivity contribution >= 4 is 0 Å². The first-order chi connectivity index (χ1) is 9.32. The van der Waals surface area contributed by atoms with E-state index in [-0.39, 0.29) is 5.41 Å². The molecule has 0 N–H and O–H groups in total. The summed E-state index contributed by atoms with van der Waals surface area (Å²) in [5.74, 6) is 0. The van der Waals surface area contributed by atoms with Crippen LogP contribution in [0, 0.1) is 16.7 Å². The molecule has 1 fully saturated rings. The van der Waals surface area contributed by atoms with Gasteiger partial charge in [0.15, 0.2) is 0 Å². The average Bonchev–Trinajstić information content (AvgIpc) is 2.41. The fraction of sp³-hybridized carbons (Fsp3) is 0.533. The van der Waals surface area contributed by atoms with E-state index in [1.54, 1.807) is 0 Å². The Labute approximate surface area is 116 Å². The number of nitrogens with zero attached hydrogens (tertiary/aromatic N) is 2. The number of hydrogen-bond donors (Lipinski definition) is 0. The van der Waals surface area contributed by atoms with Crippen LogP contribution in [0.4, 0.5) is 13.2 Å². The smallest absolute Gasteiger partial charge is 0.299 e. The third-order valence-corrected chi connectivity index (χ3v) is 3.92. The Morgan fingerprint density at radius 2 is 1.75 bits per heavy atom. The maximum Gasteiger partial charge on any atom is 0.416 e. The molecule has 20 heavy (non-hydrogen) atoms. The van der Waals surface area contributed by atoms with Crippen molar-refractivity contribution < 1.29 is 13.2 Å². The van der Waals surface area contributed by atoms with Crippen molar-refractivity contribution in [1.29, 1.82) is 5.26 Å². The predicted octanol–water partition coefficient (Wildman–Crippen LogP) is 3.83. The van der Waals surface area contributed by atoms with Gasteiger partial charge in [-0.3, -0.25) is 4.90 Å². The lowest BCUT2D eigenvalue weighted by Gasteiger charge is -2.34. The van der Waals surface area contributed by atoms with Crippen LogP contribution in [0.25, 0.3) is 0 Å². The summed E-state index contributed by atoms with van der Waals surface area (Å²) in [6.07, 6.45) is -2.66. The molecule has 0 radical (unpaired) electrons. The first kappa shape index (κ1) is 14.9. The van der Waals surface area contributed by atoms with E-state index in [4.69, 9.17) is 5.26 Å². The second kappa shape index (κ2) is 5.45. The van der Waals surface area contributed by atoms with Crippen LogP contribution in [0.5, 0.6) is 0 Å². The highest BCUT2D eigenvalue weighted by Crippen LogP contribution is 2.31. The second-order valence-corrected chi connectivity index (χ2v) is 5.64. The molecule has 0 bridgehead atoms. The maximum absolute atomic E-state index is 12.5. The number of alkyl halides is 3. The lowest BCUT2D eigenvalue weighted by molar-refractivity contribution is -0.137. The van der Waals surface area contributed by atoms with Gasteiger partial charge < -0.3 is 0 Å². The predicted molar refractivity (Wildman–Crippen MR) is 69.7 cm³/mol. The molecule has 1 saturated heterocycles. The minimum atomic E-state index is -4.28. The van der Waals surface area contributed by atoms with E-state index in [9.17, 15) is 13.2 Å². The normalized spacial score (nSPS) is 19.6. The standard InChI is InChI=1S/C15H17F3N2/c1-14(11-19)6-8-20(9-7-14)10-12-2-4-13(5-3-12)15(16,17)18/h2-5H,6-10H2,1H3. The van der Waals surface area contributed by atoms with Gasteiger partial charge in [-0.05, 0) is 50.6 Å². The van der Waals surface area contributed by atoms with Crippen LogP contribution in [0.2, 0.25) is 0 Å². The SMILES string of the molecule is CC1(C#N)CCN(Cc2ccc(C(F)(F)F)cc2)CC1. The fourth-order valence-corrected chi connectivity index (χ4v) is 2.37. The number of halogens is 3. The summed E-state index contributed by atoms with van der Waals surface area (Å²) in [7, 11) is 0. The number of benzene rings is 1. The van der Waals surface area contributed by atoms with Crippen molar-refractivity contribution in [3.8, 4) is 6.07 Å². The Bertz CT molecular complexity index is 491. The highest BCUT2D eigenvalue weighted by Gasteiger charge is 2.31. The first-order valence-electron chi connectivity index (χ1n) is 6.62. The third kappa shape index (κ3) is 3.51. The molecule has 1 aromatic carbocycles. The van der Waals surface area contributed by atoms with Gasteiger partial charge in [-0.1, -0.05) is 12.1 Å². The van der Waals surface area contributed by atoms with Gasteiger partial charge in [0.2, 0.25) is 0 Å². The fourth-order valence-electron chi connectivity index (χ4n) is 2.37. The van der Waals surface area contributed by atoms with Crippen molar-refractivity contribution in [2.45, 2.75) is 32.5 Å². The summed E-state index contributed by atoms with van der Waals surface area (Å²) in [6.45, 7) is 4.22. The monoisotopic (exact) mass is 282 g/mol. The molecule has 1 aliphatic rings. The van der Waals surface area contributed by atoms with Crippen LogP contribution in [-0.2, 0) is 12.7 Å². The molecular weight excluding hydrogens is 265 g/mol. The highest BCUT2D eigenvalue weighted by molar-refractivity contribution is 5.24. The van der Waals surface area contributed by atoms with Crippen LogP contribution in [-0.4, -0.2) is 18.0 Å². The van der Waals surface area contributed by atoms with Crippen LogP contribution >= 0.6 is 0 Å². The lowest BCUT2D eigenvalue weighted by Crippen LogP contribution is -2.37. The van der Waals surface area contributed by atoms with Crippen molar-refractivity contribution in [3.05, 3.63) is 35.4 Å². The zero-order chi connectivity index (χ0) is 14.8. The number of piperidine rings is 1. The highest BCUT2D eigenvalue weighted by atomic mass is 19.4. The molecule has 0 unspecified atom stereocenters. The van der Waals surface area contributed by atoms with Gasteiger partial charge >= 0.3 is 6.18 Å². The molecule has 0 aliphatic carbocycles. The van der Waals surface area contributed by atoms with Gasteiger partial charge in [-0.15, -0.1) is 0 Å². The van der Waals surface area contributed by atoms with E-state index in [0.29, 0.717) is 6.54 Å². The van der Waals surface area contributed by atoms with Crippen LogP contribution in [0.3, 0.4) is 0 Å². The first-order valence-corrected chi connectivity index (χ1v) is 6.62. The quantitative estimate of drug-likeness (QED) is 0.824. The zero-order valence-electron chi connectivity index (χ0n) is 11.4. The molecule has 0 spiro atoms. The molecule has 1 aromatic rings. The van der Waals surface area contributed by atoms with Crippen LogP contribution < -0.4 is 0 Å². The molecule has 108 valence electrons. The zero-order valence-corrected chi connectivity index (χ0v) is 11.4. The van der Waals surface area contributed by atoms with E-state index in [0.717, 1.165) is 43.6 Å². The Kier molecular flexibility index (Phi) is 4.05. The largest absolute Gasteiger partial charge is 0.416 e. The van der Waals surface area contributed by atoms with E-state index in [1.165, 1.54) is 12.1 Å². The molecule has 0 atom stereocenters. The molecule has 5 heteroatoms. The third-order valence-electron chi connectivity index (χ3n) is 3.92. The van der Waals surface area contributed by atoms with E-state index in [1.807, 2.05) is 6.92 Å². The van der Waals surface area contributed by atoms with E-state index >= 15 is 0 Å². The summed E-state index contributed by atoms with van der Waals surface area (Å²) < 4.78 is 37.4. The molecule has 1 heterocycles. The van der Waals surface area contributed by atoms with Gasteiger partial charge in [0, 0.05) is 6.54 Å². The Balaban J connectivity index is 1.94. The van der Waals surface area contributed by atoms with Crippen LogP contribution in [0.1, 0.15) is 30.9 Å². The van der Waals surface area contributed by atoms with Crippen molar-refractivity contribution in [2.24, 2.45) is 5.41 Å². The van der Waals surface area contributed by atoms with Crippen LogP contribution in [0.15, 0.2) is 24.3 Å². The minimum absolute atomic E-state index is 0.253. The van der Waals surface area contributed by atoms with Gasteiger partial charge in [0.25, 0.3) is 0 Å². The van der Waals surface area contributed by atoms with E-state index < -0.39 is 11.7 Å². The molecular formula is C15H17F3N2. The number of nitriles is 1. The summed E-state index contributed by atoms with van der Waals surface area (Å²) in [6, 6.07) is 7.64. The molecule has 0 amide bonds. The number of likely N-dealkylation sites (tertiary alicyclic amines) is 1. The van der Waals surface area contributed by atoms with Crippen molar-refractivity contribution in [2.75, 3.05) is 13.1 Å². The Morgan fingerprint density at radius 3 is 2.20 bits per heavy atom. The Hall–Kier alpha value is -1.54. The summed E-state index contributed by atoms with van der Waals surface area (Å²) in [5.41, 5.74) is 0.00640. The molecule has 0 saturated carbocycles. The molecule has 2 rings (SSSR count). The number of hydrogen-bond acceptors (Lipinski definition) is 2. The van der Waals surface area contributed by atoms with Gasteiger partial charge in [0.05, 0.1) is 17.0 Å². The maximum atomic E-state index is 12.5. The molecule has 1 aliphatic heterocycles. The minimum Gasteiger partial charge on any atom is -0.299 e. The molecule has 0 aromatic heterocycles. The second-order valence-electron chi connectivity index (χ2n) is 5.64. The Morgan fingerprint density at radius 1 is 1.20 bits per heavy atom. The van der Waals surface area contributed by atoms with Crippen molar-refractivity contribution in [3.63, 3.8) is 0 Å². The van der Waals surface area contributed by atoms with Crippen molar-refractivity contribution in [1.82, 2.24) is 4.90 Å². The van der Waals surface area contributed by atoms with E-state index in [2.05, 4.69) is 11.0 Å². The van der Waals surface area contributed by atoms with Gasteiger partial charge in [-0.25, -0.2) is 0 Å². The summed E-state index contributed by atoms with van der Waals surface area (Å²) in [5, 5.41) is 9.06. The number of rotatable bonds is 2. The molecule has 2 nitrogen and oxygen atoms in total.